The van der Waals surface area contributed by atoms with Gasteiger partial charge in [0.1, 0.15) is 0 Å². The molecule has 0 aromatic heterocycles. The quantitative estimate of drug-likeness (QED) is 0.759. The smallest absolute Gasteiger partial charge is 0.328 e. The first kappa shape index (κ1) is 17.3. The summed E-state index contributed by atoms with van der Waals surface area (Å²) in [6, 6.07) is 1.85. The zero-order valence-electron chi connectivity index (χ0n) is 11.8. The molecule has 0 fully saturated rings. The monoisotopic (exact) mass is 361 g/mol. The van der Waals surface area contributed by atoms with Crippen molar-refractivity contribution in [3.63, 3.8) is 0 Å². The van der Waals surface area contributed by atoms with Gasteiger partial charge in [-0.1, -0.05) is 0 Å². The summed E-state index contributed by atoms with van der Waals surface area (Å²) in [5, 5.41) is 11.4. The number of hydrogen-bond acceptors (Lipinski definition) is 5. The van der Waals surface area contributed by atoms with Crippen LogP contribution >= 0.6 is 15.9 Å². The molecule has 0 aliphatic rings. The fourth-order valence-electron chi connectivity index (χ4n) is 1.63. The van der Waals surface area contributed by atoms with E-state index < -0.39 is 17.9 Å². The van der Waals surface area contributed by atoms with Crippen molar-refractivity contribution in [2.45, 2.75) is 6.04 Å². The molecule has 1 unspecified atom stereocenters. The van der Waals surface area contributed by atoms with Crippen molar-refractivity contribution in [3.8, 4) is 11.5 Å². The molecular weight excluding hydrogens is 346 g/mol. The number of amides is 1. The van der Waals surface area contributed by atoms with Gasteiger partial charge in [-0.3, -0.25) is 4.79 Å². The van der Waals surface area contributed by atoms with Gasteiger partial charge in [0.05, 0.1) is 25.3 Å². The van der Waals surface area contributed by atoms with Crippen LogP contribution in [0, 0.1) is 0 Å². The molecule has 1 aromatic carbocycles. The Morgan fingerprint density at radius 1 is 1.29 bits per heavy atom. The third-order valence-corrected chi connectivity index (χ3v) is 3.22. The van der Waals surface area contributed by atoms with Crippen molar-refractivity contribution in [1.82, 2.24) is 5.32 Å². The van der Waals surface area contributed by atoms with Gasteiger partial charge in [-0.05, 0) is 28.1 Å². The molecule has 0 radical (unpaired) electrons. The first-order valence-corrected chi connectivity index (χ1v) is 6.68. The van der Waals surface area contributed by atoms with Crippen LogP contribution in [0.1, 0.15) is 10.4 Å². The highest BCUT2D eigenvalue weighted by Gasteiger charge is 2.22. The number of benzene rings is 1. The lowest BCUT2D eigenvalue weighted by Crippen LogP contribution is -2.43. The Morgan fingerprint density at radius 3 is 2.43 bits per heavy atom. The van der Waals surface area contributed by atoms with Crippen LogP contribution in [0.2, 0.25) is 0 Å². The molecule has 0 aliphatic carbocycles. The molecule has 0 saturated carbocycles. The van der Waals surface area contributed by atoms with E-state index >= 15 is 0 Å². The molecule has 1 atom stereocenters. The van der Waals surface area contributed by atoms with Gasteiger partial charge >= 0.3 is 5.97 Å². The number of aliphatic carboxylic acids is 1. The lowest BCUT2D eigenvalue weighted by molar-refractivity contribution is -0.140. The van der Waals surface area contributed by atoms with E-state index in [1.54, 1.807) is 0 Å². The Balaban J connectivity index is 3.02. The highest BCUT2D eigenvalue weighted by atomic mass is 79.9. The van der Waals surface area contributed by atoms with Crippen LogP contribution in [0.15, 0.2) is 16.6 Å². The van der Waals surface area contributed by atoms with Crippen LogP contribution in [0.5, 0.6) is 11.5 Å². The summed E-state index contributed by atoms with van der Waals surface area (Å²) in [5.74, 6) is -0.929. The lowest BCUT2D eigenvalue weighted by Gasteiger charge is -2.15. The molecule has 0 spiro atoms. The second kappa shape index (κ2) is 7.84. The summed E-state index contributed by atoms with van der Waals surface area (Å²) in [7, 11) is 4.27. The number of carbonyl (C=O) groups is 2. The van der Waals surface area contributed by atoms with E-state index in [-0.39, 0.29) is 12.2 Å². The summed E-state index contributed by atoms with van der Waals surface area (Å²) >= 11 is 3.27. The van der Waals surface area contributed by atoms with E-state index in [0.29, 0.717) is 16.0 Å². The third kappa shape index (κ3) is 4.33. The second-order valence-electron chi connectivity index (χ2n) is 4.01. The topological polar surface area (TPSA) is 94.1 Å². The van der Waals surface area contributed by atoms with Gasteiger partial charge < -0.3 is 24.6 Å². The van der Waals surface area contributed by atoms with Crippen LogP contribution in [-0.2, 0) is 9.53 Å². The van der Waals surface area contributed by atoms with E-state index in [1.807, 2.05) is 0 Å². The van der Waals surface area contributed by atoms with Crippen molar-refractivity contribution >= 4 is 27.8 Å². The normalized spacial score (nSPS) is 11.6. The SMILES string of the molecule is COCC(NC(=O)c1cc(Br)c(OC)c(OC)c1)C(=O)O. The van der Waals surface area contributed by atoms with E-state index in [4.69, 9.17) is 19.3 Å². The minimum atomic E-state index is -1.18. The molecule has 1 aromatic rings. The highest BCUT2D eigenvalue weighted by molar-refractivity contribution is 9.10. The van der Waals surface area contributed by atoms with Crippen LogP contribution in [0.3, 0.4) is 0 Å². The van der Waals surface area contributed by atoms with E-state index in [0.717, 1.165) is 0 Å². The first-order valence-electron chi connectivity index (χ1n) is 5.88. The molecule has 0 aliphatic heterocycles. The minimum absolute atomic E-state index is 0.129. The minimum Gasteiger partial charge on any atom is -0.493 e. The molecule has 0 bridgehead atoms. The standard InChI is InChI=1S/C13H16BrNO6/c1-19-6-9(13(17)18)15-12(16)7-4-8(14)11(21-3)10(5-7)20-2/h4-5,9H,6H2,1-3H3,(H,15,16)(H,17,18). The maximum absolute atomic E-state index is 12.1. The number of carboxylic acid groups (broad SMARTS) is 1. The Morgan fingerprint density at radius 2 is 1.95 bits per heavy atom. The fourth-order valence-corrected chi connectivity index (χ4v) is 2.24. The Hall–Kier alpha value is -1.80. The maximum Gasteiger partial charge on any atom is 0.328 e. The van der Waals surface area contributed by atoms with Gasteiger partial charge in [0.15, 0.2) is 17.5 Å². The Labute approximate surface area is 130 Å². The van der Waals surface area contributed by atoms with Crippen LogP contribution in [0.4, 0.5) is 0 Å². The van der Waals surface area contributed by atoms with Gasteiger partial charge in [0.2, 0.25) is 0 Å². The van der Waals surface area contributed by atoms with Crippen LogP contribution in [-0.4, -0.2) is 51.0 Å². The molecule has 2 N–H and O–H groups in total. The number of ether oxygens (including phenoxy) is 3. The molecule has 7 nitrogen and oxygen atoms in total. The van der Waals surface area contributed by atoms with Crippen LogP contribution in [0.25, 0.3) is 0 Å². The van der Waals surface area contributed by atoms with E-state index in [1.165, 1.54) is 33.5 Å². The molecule has 116 valence electrons. The Bertz CT molecular complexity index is 534. The summed E-state index contributed by atoms with van der Waals surface area (Å²) in [6.45, 7) is -0.129. The number of rotatable bonds is 7. The van der Waals surface area contributed by atoms with Gasteiger partial charge in [-0.15, -0.1) is 0 Å². The van der Waals surface area contributed by atoms with Crippen molar-refractivity contribution in [2.24, 2.45) is 0 Å². The zero-order chi connectivity index (χ0) is 16.0. The molecular formula is C13H16BrNO6. The maximum atomic E-state index is 12.1. The lowest BCUT2D eigenvalue weighted by atomic mass is 10.1. The van der Waals surface area contributed by atoms with Crippen LogP contribution < -0.4 is 14.8 Å². The number of carboxylic acids is 1. The van der Waals surface area contributed by atoms with E-state index in [2.05, 4.69) is 21.2 Å². The van der Waals surface area contributed by atoms with Crippen molar-refractivity contribution in [3.05, 3.63) is 22.2 Å². The first-order chi connectivity index (χ1) is 9.94. The summed E-state index contributed by atoms with van der Waals surface area (Å²) in [5.41, 5.74) is 0.238. The van der Waals surface area contributed by atoms with Gasteiger partial charge in [0.25, 0.3) is 5.91 Å². The molecule has 1 rings (SSSR count). The predicted octanol–water partition coefficient (Wildman–Crippen LogP) is 1.30. The number of methoxy groups -OCH3 is 3. The molecule has 8 heteroatoms. The van der Waals surface area contributed by atoms with E-state index in [9.17, 15) is 9.59 Å². The largest absolute Gasteiger partial charge is 0.493 e. The summed E-state index contributed by atoms with van der Waals surface area (Å²) < 4.78 is 15.6. The fraction of sp³-hybridized carbons (Fsp3) is 0.385. The number of hydrogen-bond donors (Lipinski definition) is 2. The third-order valence-electron chi connectivity index (χ3n) is 2.63. The summed E-state index contributed by atoms with van der Waals surface area (Å²) in [6.07, 6.45) is 0. The second-order valence-corrected chi connectivity index (χ2v) is 4.87. The Kier molecular flexibility index (Phi) is 6.44. The molecule has 0 saturated heterocycles. The molecule has 1 amide bonds. The van der Waals surface area contributed by atoms with Gasteiger partial charge in [-0.25, -0.2) is 4.79 Å². The predicted molar refractivity (Wildman–Crippen MR) is 78.0 cm³/mol. The zero-order valence-corrected chi connectivity index (χ0v) is 13.4. The molecule has 21 heavy (non-hydrogen) atoms. The number of nitrogens with one attached hydrogen (secondary N) is 1. The molecule has 0 heterocycles. The van der Waals surface area contributed by atoms with Crippen molar-refractivity contribution in [1.29, 1.82) is 0 Å². The number of carbonyl (C=O) groups excluding carboxylic acids is 1. The van der Waals surface area contributed by atoms with Gasteiger partial charge in [-0.2, -0.15) is 0 Å². The number of halogens is 1. The van der Waals surface area contributed by atoms with Gasteiger partial charge in [0, 0.05) is 12.7 Å². The van der Waals surface area contributed by atoms with Crippen molar-refractivity contribution < 1.29 is 28.9 Å². The highest BCUT2D eigenvalue weighted by Crippen LogP contribution is 2.36. The average Bonchev–Trinajstić information content (AvgIpc) is 2.45. The van der Waals surface area contributed by atoms with Crippen molar-refractivity contribution in [2.75, 3.05) is 27.9 Å². The average molecular weight is 362 g/mol. The summed E-state index contributed by atoms with van der Waals surface area (Å²) in [4.78, 5) is 23.1.